The number of hydrogen-bond acceptors (Lipinski definition) is 6. The molecule has 0 aliphatic carbocycles. The second kappa shape index (κ2) is 13.1. The summed E-state index contributed by atoms with van der Waals surface area (Å²) in [5, 5.41) is 4.95. The molecule has 0 spiro atoms. The Morgan fingerprint density at radius 3 is 2.63 bits per heavy atom. The summed E-state index contributed by atoms with van der Waals surface area (Å²) < 4.78 is 7.06. The molecule has 35 heavy (non-hydrogen) atoms. The van der Waals surface area contributed by atoms with Gasteiger partial charge >= 0.3 is 0 Å². The second-order valence-electron chi connectivity index (χ2n) is 8.54. The summed E-state index contributed by atoms with van der Waals surface area (Å²) in [7, 11) is 0. The summed E-state index contributed by atoms with van der Waals surface area (Å²) in [6.07, 6.45) is 1.87. The van der Waals surface area contributed by atoms with Crippen LogP contribution in [0.5, 0.6) is 0 Å². The molecule has 1 amide bonds. The lowest BCUT2D eigenvalue weighted by Crippen LogP contribution is -2.38. The van der Waals surface area contributed by atoms with Gasteiger partial charge in [0.1, 0.15) is 0 Å². The van der Waals surface area contributed by atoms with E-state index < -0.39 is 0 Å². The largest absolute Gasteiger partial charge is 0.379 e. The van der Waals surface area contributed by atoms with E-state index in [0.29, 0.717) is 52.8 Å². The van der Waals surface area contributed by atoms with Gasteiger partial charge in [0.15, 0.2) is 5.16 Å². The lowest BCUT2D eigenvalue weighted by Gasteiger charge is -2.26. The van der Waals surface area contributed by atoms with E-state index in [0.717, 1.165) is 44.8 Å². The van der Waals surface area contributed by atoms with E-state index in [1.165, 1.54) is 11.8 Å². The molecule has 1 N–H and O–H groups in total. The van der Waals surface area contributed by atoms with E-state index in [1.54, 1.807) is 10.6 Å². The fraction of sp³-hybridized carbons (Fsp3) is 0.423. The maximum atomic E-state index is 13.2. The molecule has 1 fully saturated rings. The molecule has 0 bridgehead atoms. The zero-order chi connectivity index (χ0) is 24.5. The van der Waals surface area contributed by atoms with Crippen LogP contribution in [0.25, 0.3) is 10.9 Å². The number of nitrogens with zero attached hydrogens (tertiary/aromatic N) is 3. The Labute approximate surface area is 214 Å². The van der Waals surface area contributed by atoms with Crippen LogP contribution in [0.1, 0.15) is 24.8 Å². The minimum atomic E-state index is -0.0693. The number of amides is 1. The molecule has 7 nitrogen and oxygen atoms in total. The third-order valence-corrected chi connectivity index (χ3v) is 7.27. The highest BCUT2D eigenvalue weighted by Gasteiger charge is 2.13. The molecule has 1 aromatic heterocycles. The third-order valence-electron chi connectivity index (χ3n) is 5.97. The summed E-state index contributed by atoms with van der Waals surface area (Å²) >= 11 is 7.51. The van der Waals surface area contributed by atoms with Crippen molar-refractivity contribution in [3.8, 4) is 0 Å². The SMILES string of the molecule is O=C(CCCn1c(SCc2ccc(Cl)cc2)nc2ccccc2c1=O)NCCCN1CCOCC1. The van der Waals surface area contributed by atoms with Crippen molar-refractivity contribution in [3.63, 3.8) is 0 Å². The Morgan fingerprint density at radius 2 is 1.83 bits per heavy atom. The molecule has 4 rings (SSSR count). The monoisotopic (exact) mass is 514 g/mol. The van der Waals surface area contributed by atoms with Gasteiger partial charge in [-0.25, -0.2) is 4.98 Å². The van der Waals surface area contributed by atoms with Gasteiger partial charge in [0.25, 0.3) is 5.56 Å². The number of morpholine rings is 1. The van der Waals surface area contributed by atoms with Gasteiger partial charge in [0, 0.05) is 43.4 Å². The lowest BCUT2D eigenvalue weighted by molar-refractivity contribution is -0.121. The van der Waals surface area contributed by atoms with Crippen LogP contribution in [-0.2, 0) is 21.8 Å². The van der Waals surface area contributed by atoms with E-state index in [1.807, 2.05) is 42.5 Å². The van der Waals surface area contributed by atoms with Crippen LogP contribution in [0.15, 0.2) is 58.5 Å². The van der Waals surface area contributed by atoms with Crippen molar-refractivity contribution in [2.45, 2.75) is 36.7 Å². The Morgan fingerprint density at radius 1 is 1.06 bits per heavy atom. The first-order valence-corrected chi connectivity index (χ1v) is 13.4. The quantitative estimate of drug-likeness (QED) is 0.237. The highest BCUT2D eigenvalue weighted by atomic mass is 35.5. The Hall–Kier alpha value is -2.39. The first-order chi connectivity index (χ1) is 17.1. The summed E-state index contributed by atoms with van der Waals surface area (Å²) in [6, 6.07) is 15.1. The molecule has 2 aromatic carbocycles. The zero-order valence-electron chi connectivity index (χ0n) is 19.7. The van der Waals surface area contributed by atoms with Crippen molar-refractivity contribution < 1.29 is 9.53 Å². The lowest BCUT2D eigenvalue weighted by atomic mass is 10.2. The number of rotatable bonds is 11. The Balaban J connectivity index is 1.33. The van der Waals surface area contributed by atoms with Gasteiger partial charge in [-0.1, -0.05) is 47.6 Å². The molecular formula is C26H31ClN4O3S. The van der Waals surface area contributed by atoms with Crippen LogP contribution in [-0.4, -0.2) is 59.8 Å². The van der Waals surface area contributed by atoms with E-state index in [2.05, 4.69) is 10.2 Å². The molecule has 0 unspecified atom stereocenters. The van der Waals surface area contributed by atoms with Gasteiger partial charge in [-0.2, -0.15) is 0 Å². The first-order valence-electron chi connectivity index (χ1n) is 12.0. The number of benzene rings is 2. The van der Waals surface area contributed by atoms with Crippen molar-refractivity contribution >= 4 is 40.2 Å². The summed E-state index contributed by atoms with van der Waals surface area (Å²) in [5.41, 5.74) is 1.72. The molecule has 1 aliphatic rings. The fourth-order valence-electron chi connectivity index (χ4n) is 4.02. The van der Waals surface area contributed by atoms with Crippen LogP contribution in [0.3, 0.4) is 0 Å². The summed E-state index contributed by atoms with van der Waals surface area (Å²) in [6.45, 7) is 5.57. The predicted octanol–water partition coefficient (Wildman–Crippen LogP) is 3.96. The number of ether oxygens (including phenoxy) is 1. The predicted molar refractivity (Wildman–Crippen MR) is 141 cm³/mol. The molecular weight excluding hydrogens is 484 g/mol. The standard InChI is InChI=1S/C26H31ClN4O3S/c27-21-10-8-20(9-11-21)19-35-26-29-23-6-2-1-5-22(23)25(33)31(26)14-3-7-24(32)28-12-4-13-30-15-17-34-18-16-30/h1-2,5-6,8-11H,3-4,7,12-19H2,(H,28,32). The maximum absolute atomic E-state index is 13.2. The maximum Gasteiger partial charge on any atom is 0.262 e. The molecule has 0 atom stereocenters. The van der Waals surface area contributed by atoms with Gasteiger partial charge < -0.3 is 10.1 Å². The zero-order valence-corrected chi connectivity index (χ0v) is 21.3. The molecule has 2 heterocycles. The van der Waals surface area contributed by atoms with Crippen molar-refractivity contribution in [3.05, 3.63) is 69.5 Å². The number of hydrogen-bond donors (Lipinski definition) is 1. The normalized spacial score (nSPS) is 14.3. The number of nitrogens with one attached hydrogen (secondary N) is 1. The number of halogens is 1. The molecule has 1 aliphatic heterocycles. The summed E-state index contributed by atoms with van der Waals surface area (Å²) in [5.74, 6) is 0.690. The Kier molecular flexibility index (Phi) is 9.59. The van der Waals surface area contributed by atoms with Crippen LogP contribution in [0.4, 0.5) is 0 Å². The number of thioether (sulfide) groups is 1. The van der Waals surface area contributed by atoms with Crippen LogP contribution < -0.4 is 10.9 Å². The number of carbonyl (C=O) groups excluding carboxylic acids is 1. The average molecular weight is 515 g/mol. The number of fused-ring (bicyclic) bond motifs is 1. The fourth-order valence-corrected chi connectivity index (χ4v) is 5.13. The Bertz CT molecular complexity index is 1180. The molecule has 0 saturated carbocycles. The van der Waals surface area contributed by atoms with Crippen molar-refractivity contribution in [2.24, 2.45) is 0 Å². The minimum Gasteiger partial charge on any atom is -0.379 e. The third kappa shape index (κ3) is 7.54. The van der Waals surface area contributed by atoms with Crippen molar-refractivity contribution in [1.29, 1.82) is 0 Å². The smallest absolute Gasteiger partial charge is 0.262 e. The molecule has 186 valence electrons. The highest BCUT2D eigenvalue weighted by molar-refractivity contribution is 7.98. The van der Waals surface area contributed by atoms with Crippen LogP contribution in [0, 0.1) is 0 Å². The van der Waals surface area contributed by atoms with Gasteiger partial charge in [-0.3, -0.25) is 19.1 Å². The molecule has 1 saturated heterocycles. The van der Waals surface area contributed by atoms with E-state index in [4.69, 9.17) is 21.3 Å². The van der Waals surface area contributed by atoms with E-state index in [9.17, 15) is 9.59 Å². The highest BCUT2D eigenvalue weighted by Crippen LogP contribution is 2.23. The van der Waals surface area contributed by atoms with Gasteiger partial charge in [-0.15, -0.1) is 0 Å². The number of para-hydroxylation sites is 1. The first kappa shape index (κ1) is 25.7. The van der Waals surface area contributed by atoms with E-state index >= 15 is 0 Å². The number of carbonyl (C=O) groups is 1. The van der Waals surface area contributed by atoms with E-state index in [-0.39, 0.29) is 11.5 Å². The van der Waals surface area contributed by atoms with Gasteiger partial charge in [0.2, 0.25) is 5.91 Å². The van der Waals surface area contributed by atoms with Gasteiger partial charge in [-0.05, 0) is 49.2 Å². The van der Waals surface area contributed by atoms with Crippen LogP contribution in [0.2, 0.25) is 5.02 Å². The second-order valence-corrected chi connectivity index (χ2v) is 9.92. The topological polar surface area (TPSA) is 76.5 Å². The van der Waals surface area contributed by atoms with Gasteiger partial charge in [0.05, 0.1) is 24.1 Å². The molecule has 3 aromatic rings. The summed E-state index contributed by atoms with van der Waals surface area (Å²) in [4.78, 5) is 32.7. The van der Waals surface area contributed by atoms with Crippen LogP contribution >= 0.6 is 23.4 Å². The number of aromatic nitrogens is 2. The van der Waals surface area contributed by atoms with Crippen molar-refractivity contribution in [1.82, 2.24) is 19.8 Å². The molecule has 0 radical (unpaired) electrons. The average Bonchev–Trinajstić information content (AvgIpc) is 2.88. The van der Waals surface area contributed by atoms with Crippen molar-refractivity contribution in [2.75, 3.05) is 39.4 Å². The minimum absolute atomic E-state index is 0.0177. The molecule has 9 heteroatoms.